The molecule has 1 aromatic carbocycles. The number of carbonyl (C=O) groups excluding carboxylic acids is 2. The van der Waals surface area contributed by atoms with E-state index in [1.54, 1.807) is 12.1 Å². The average molecular weight is 271 g/mol. The zero-order valence-electron chi connectivity index (χ0n) is 10.7. The van der Waals surface area contributed by atoms with E-state index in [0.717, 1.165) is 4.90 Å². The minimum atomic E-state index is -1.08. The Morgan fingerprint density at radius 2 is 1.70 bits per heavy atom. The molecule has 5 nitrogen and oxygen atoms in total. The molecule has 5 heteroatoms. The number of carboxylic acids is 1. The summed E-state index contributed by atoms with van der Waals surface area (Å²) in [4.78, 5) is 36.8. The highest BCUT2D eigenvalue weighted by Gasteiger charge is 2.47. The summed E-state index contributed by atoms with van der Waals surface area (Å²) in [6, 6.07) is 5.93. The van der Waals surface area contributed by atoms with E-state index >= 15 is 0 Å². The summed E-state index contributed by atoms with van der Waals surface area (Å²) >= 11 is 0. The van der Waals surface area contributed by atoms with Crippen molar-refractivity contribution in [1.29, 1.82) is 0 Å². The van der Waals surface area contributed by atoms with E-state index in [0.29, 0.717) is 18.5 Å². The average Bonchev–Trinajstić information content (AvgIpc) is 2.72. The molecule has 0 saturated carbocycles. The lowest BCUT2D eigenvalue weighted by molar-refractivity contribution is -0.122. The number of benzene rings is 1. The molecule has 20 heavy (non-hydrogen) atoms. The lowest BCUT2D eigenvalue weighted by Gasteiger charge is -2.15. The van der Waals surface area contributed by atoms with Gasteiger partial charge in [-0.1, -0.05) is 18.2 Å². The van der Waals surface area contributed by atoms with Crippen molar-refractivity contribution in [2.24, 2.45) is 11.8 Å². The number of rotatable bonds is 2. The van der Waals surface area contributed by atoms with Crippen molar-refractivity contribution in [3.05, 3.63) is 42.0 Å². The maximum Gasteiger partial charge on any atom is 0.335 e. The zero-order chi connectivity index (χ0) is 14.3. The highest BCUT2D eigenvalue weighted by Crippen LogP contribution is 2.37. The van der Waals surface area contributed by atoms with E-state index < -0.39 is 5.97 Å². The van der Waals surface area contributed by atoms with Crippen LogP contribution < -0.4 is 4.90 Å². The number of anilines is 1. The second-order valence-electron chi connectivity index (χ2n) is 5.02. The Kier molecular flexibility index (Phi) is 2.89. The zero-order valence-corrected chi connectivity index (χ0v) is 10.7. The molecule has 3 rings (SSSR count). The molecule has 2 amide bonds. The minimum absolute atomic E-state index is 0.0658. The van der Waals surface area contributed by atoms with Crippen LogP contribution in [0.25, 0.3) is 0 Å². The van der Waals surface area contributed by atoms with E-state index in [1.165, 1.54) is 12.1 Å². The van der Waals surface area contributed by atoms with Crippen LogP contribution in [0.5, 0.6) is 0 Å². The van der Waals surface area contributed by atoms with Crippen LogP contribution in [0.2, 0.25) is 0 Å². The Bertz CT molecular complexity index is 609. The number of carbonyl (C=O) groups is 3. The van der Waals surface area contributed by atoms with Crippen LogP contribution in [0.1, 0.15) is 23.2 Å². The summed E-state index contributed by atoms with van der Waals surface area (Å²) in [5.74, 6) is -2.15. The predicted octanol–water partition coefficient (Wildman–Crippen LogP) is 1.84. The lowest BCUT2D eigenvalue weighted by Crippen LogP contribution is -2.31. The Morgan fingerprint density at radius 3 is 2.25 bits per heavy atom. The van der Waals surface area contributed by atoms with Gasteiger partial charge >= 0.3 is 5.97 Å². The van der Waals surface area contributed by atoms with Gasteiger partial charge in [0.2, 0.25) is 11.8 Å². The summed E-state index contributed by atoms with van der Waals surface area (Å²) in [6.45, 7) is 0. The molecular formula is C15H13NO4. The molecule has 1 N–H and O–H groups in total. The molecule has 1 heterocycles. The number of amides is 2. The third kappa shape index (κ3) is 1.82. The van der Waals surface area contributed by atoms with Crippen molar-refractivity contribution in [2.45, 2.75) is 12.8 Å². The van der Waals surface area contributed by atoms with Gasteiger partial charge in [-0.05, 0) is 31.0 Å². The van der Waals surface area contributed by atoms with Crippen molar-refractivity contribution in [2.75, 3.05) is 4.90 Å². The topological polar surface area (TPSA) is 74.7 Å². The number of nitrogens with zero attached hydrogens (tertiary/aromatic N) is 1. The summed E-state index contributed by atoms with van der Waals surface area (Å²) in [7, 11) is 0. The van der Waals surface area contributed by atoms with Crippen molar-refractivity contribution in [1.82, 2.24) is 0 Å². The van der Waals surface area contributed by atoms with E-state index in [-0.39, 0.29) is 29.2 Å². The molecule has 0 unspecified atom stereocenters. The first-order valence-corrected chi connectivity index (χ1v) is 6.46. The molecule has 2 aliphatic rings. The molecule has 1 saturated heterocycles. The first-order chi connectivity index (χ1) is 9.59. The smallest absolute Gasteiger partial charge is 0.335 e. The molecule has 2 atom stereocenters. The van der Waals surface area contributed by atoms with Crippen LogP contribution in [-0.4, -0.2) is 22.9 Å². The molecule has 102 valence electrons. The van der Waals surface area contributed by atoms with Gasteiger partial charge in [-0.3, -0.25) is 14.5 Å². The van der Waals surface area contributed by atoms with Gasteiger partial charge < -0.3 is 5.11 Å². The van der Waals surface area contributed by atoms with Crippen LogP contribution in [-0.2, 0) is 9.59 Å². The Balaban J connectivity index is 1.98. The maximum absolute atomic E-state index is 12.4. The van der Waals surface area contributed by atoms with Crippen LogP contribution in [0.15, 0.2) is 36.4 Å². The third-order valence-corrected chi connectivity index (χ3v) is 3.86. The van der Waals surface area contributed by atoms with Crippen molar-refractivity contribution < 1.29 is 19.5 Å². The molecule has 1 aliphatic carbocycles. The molecule has 0 bridgehead atoms. The van der Waals surface area contributed by atoms with Crippen molar-refractivity contribution in [3.8, 4) is 0 Å². The largest absolute Gasteiger partial charge is 0.478 e. The maximum atomic E-state index is 12.4. The highest BCUT2D eigenvalue weighted by molar-refractivity contribution is 6.22. The molecule has 1 fully saturated rings. The molecular weight excluding hydrogens is 258 g/mol. The second kappa shape index (κ2) is 4.59. The minimum Gasteiger partial charge on any atom is -0.478 e. The van der Waals surface area contributed by atoms with Crippen molar-refractivity contribution in [3.63, 3.8) is 0 Å². The van der Waals surface area contributed by atoms with Gasteiger partial charge in [-0.15, -0.1) is 0 Å². The van der Waals surface area contributed by atoms with E-state index in [1.807, 2.05) is 12.2 Å². The number of hydrogen-bond donors (Lipinski definition) is 1. The van der Waals surface area contributed by atoms with E-state index in [4.69, 9.17) is 5.11 Å². The fourth-order valence-corrected chi connectivity index (χ4v) is 2.83. The quantitative estimate of drug-likeness (QED) is 0.658. The molecule has 0 aromatic heterocycles. The Morgan fingerprint density at radius 1 is 1.10 bits per heavy atom. The fourth-order valence-electron chi connectivity index (χ4n) is 2.83. The van der Waals surface area contributed by atoms with Gasteiger partial charge in [-0.25, -0.2) is 4.79 Å². The Labute approximate surface area is 115 Å². The van der Waals surface area contributed by atoms with E-state index in [9.17, 15) is 14.4 Å². The van der Waals surface area contributed by atoms with Gasteiger partial charge in [-0.2, -0.15) is 0 Å². The summed E-state index contributed by atoms with van der Waals surface area (Å²) in [5, 5.41) is 8.99. The predicted molar refractivity (Wildman–Crippen MR) is 71.2 cm³/mol. The number of hydrogen-bond acceptors (Lipinski definition) is 3. The first kappa shape index (κ1) is 12.6. The first-order valence-electron chi connectivity index (χ1n) is 6.46. The van der Waals surface area contributed by atoms with Gasteiger partial charge in [0.1, 0.15) is 0 Å². The SMILES string of the molecule is O=C(O)c1cccc(N2C(=O)[C@@H]3CC=CC[C@H]3C2=O)c1. The molecule has 1 aliphatic heterocycles. The monoisotopic (exact) mass is 271 g/mol. The third-order valence-electron chi connectivity index (χ3n) is 3.86. The Hall–Kier alpha value is -2.43. The lowest BCUT2D eigenvalue weighted by atomic mass is 9.85. The number of fused-ring (bicyclic) bond motifs is 1. The highest BCUT2D eigenvalue weighted by atomic mass is 16.4. The summed E-state index contributed by atoms with van der Waals surface area (Å²) in [5.41, 5.74) is 0.408. The number of allylic oxidation sites excluding steroid dienone is 2. The number of carboxylic acid groups (broad SMARTS) is 1. The van der Waals surface area contributed by atoms with Crippen molar-refractivity contribution >= 4 is 23.5 Å². The molecule has 0 radical (unpaired) electrons. The fraction of sp³-hybridized carbons (Fsp3) is 0.267. The van der Waals surface area contributed by atoms with Gasteiger partial charge in [0.25, 0.3) is 0 Å². The molecule has 1 aromatic rings. The standard InChI is InChI=1S/C15H13NO4/c17-13-11-6-1-2-7-12(11)14(18)16(13)10-5-3-4-9(8-10)15(19)20/h1-5,8,11-12H,6-7H2,(H,19,20)/t11-,12-/m1/s1. The van der Waals surface area contributed by atoms with Gasteiger partial charge in [0.15, 0.2) is 0 Å². The van der Waals surface area contributed by atoms with Gasteiger partial charge in [0, 0.05) is 0 Å². The van der Waals surface area contributed by atoms with Crippen LogP contribution in [0.4, 0.5) is 5.69 Å². The second-order valence-corrected chi connectivity index (χ2v) is 5.02. The van der Waals surface area contributed by atoms with Crippen LogP contribution in [0.3, 0.4) is 0 Å². The summed E-state index contributed by atoms with van der Waals surface area (Å²) in [6.07, 6.45) is 4.99. The summed E-state index contributed by atoms with van der Waals surface area (Å²) < 4.78 is 0. The number of aromatic carboxylic acids is 1. The van der Waals surface area contributed by atoms with Crippen LogP contribution in [0, 0.1) is 11.8 Å². The molecule has 0 spiro atoms. The van der Waals surface area contributed by atoms with Crippen LogP contribution >= 0.6 is 0 Å². The van der Waals surface area contributed by atoms with Gasteiger partial charge in [0.05, 0.1) is 23.1 Å². The normalized spacial score (nSPS) is 24.9. The van der Waals surface area contributed by atoms with E-state index in [2.05, 4.69) is 0 Å². The number of imide groups is 1.